The summed E-state index contributed by atoms with van der Waals surface area (Å²) in [6.07, 6.45) is 11.2. The molecule has 2 saturated heterocycles. The van der Waals surface area contributed by atoms with Gasteiger partial charge in [-0.15, -0.1) is 0 Å². The average Bonchev–Trinajstić information content (AvgIpc) is 3.18. The Morgan fingerprint density at radius 2 is 1.41 bits per heavy atom. The largest absolute Gasteiger partial charge is 0.370 e. The Morgan fingerprint density at radius 1 is 1.00 bits per heavy atom. The van der Waals surface area contributed by atoms with Gasteiger partial charge in [0.05, 0.1) is 25.4 Å². The van der Waals surface area contributed by atoms with E-state index in [0.717, 1.165) is 26.1 Å². The molecule has 0 radical (unpaired) electrons. The Kier molecular flexibility index (Phi) is 4.77. The Hall–Kier alpha value is -0.640. The molecule has 4 unspecified atom stereocenters. The van der Waals surface area contributed by atoms with Gasteiger partial charge < -0.3 is 14.2 Å². The Bertz CT molecular complexity index is 249. The number of ether oxygens (including phenoxy) is 3. The molecule has 96 valence electrons. The fourth-order valence-corrected chi connectivity index (χ4v) is 1.90. The first kappa shape index (κ1) is 12.8. The lowest BCUT2D eigenvalue weighted by molar-refractivity contribution is -0.0344. The van der Waals surface area contributed by atoms with Crippen LogP contribution in [0.5, 0.6) is 0 Å². The summed E-state index contributed by atoms with van der Waals surface area (Å²) in [7, 11) is 0. The highest BCUT2D eigenvalue weighted by atomic mass is 16.6. The van der Waals surface area contributed by atoms with Crippen molar-refractivity contribution in [1.29, 1.82) is 0 Å². The van der Waals surface area contributed by atoms with Crippen molar-refractivity contribution < 1.29 is 14.2 Å². The van der Waals surface area contributed by atoms with Gasteiger partial charge in [0.1, 0.15) is 12.2 Å². The monoisotopic (exact) mass is 238 g/mol. The summed E-state index contributed by atoms with van der Waals surface area (Å²) < 4.78 is 16.9. The van der Waals surface area contributed by atoms with E-state index in [9.17, 15) is 0 Å². The van der Waals surface area contributed by atoms with E-state index in [0.29, 0.717) is 0 Å². The van der Waals surface area contributed by atoms with Crippen LogP contribution in [0.15, 0.2) is 24.3 Å². The molecule has 2 aliphatic heterocycles. The molecular weight excluding hydrogens is 216 g/mol. The van der Waals surface area contributed by atoms with Gasteiger partial charge in [-0.2, -0.15) is 0 Å². The molecule has 0 bridgehead atoms. The van der Waals surface area contributed by atoms with Crippen LogP contribution in [0.25, 0.3) is 0 Å². The van der Waals surface area contributed by atoms with Gasteiger partial charge in [-0.05, 0) is 26.7 Å². The van der Waals surface area contributed by atoms with E-state index in [-0.39, 0.29) is 24.4 Å². The van der Waals surface area contributed by atoms with E-state index in [1.165, 1.54) is 0 Å². The van der Waals surface area contributed by atoms with Crippen molar-refractivity contribution in [1.82, 2.24) is 0 Å². The first-order valence-electron chi connectivity index (χ1n) is 6.46. The average molecular weight is 238 g/mol. The zero-order chi connectivity index (χ0) is 12.1. The summed E-state index contributed by atoms with van der Waals surface area (Å²) >= 11 is 0. The van der Waals surface area contributed by atoms with Crippen molar-refractivity contribution in [3.63, 3.8) is 0 Å². The van der Waals surface area contributed by atoms with Gasteiger partial charge in [0.15, 0.2) is 0 Å². The number of allylic oxidation sites excluding steroid dienone is 2. The fraction of sp³-hybridized carbons (Fsp3) is 0.714. The number of rotatable bonds is 8. The molecule has 0 aromatic heterocycles. The minimum atomic E-state index is 0.186. The predicted molar refractivity (Wildman–Crippen MR) is 67.0 cm³/mol. The first-order valence-corrected chi connectivity index (χ1v) is 6.46. The number of epoxide rings is 2. The van der Waals surface area contributed by atoms with Crippen LogP contribution in [0.3, 0.4) is 0 Å². The summed E-state index contributed by atoms with van der Waals surface area (Å²) in [5.74, 6) is 0. The minimum absolute atomic E-state index is 0.186. The van der Waals surface area contributed by atoms with Gasteiger partial charge in [0, 0.05) is 0 Å². The second-order valence-electron chi connectivity index (χ2n) is 4.57. The van der Waals surface area contributed by atoms with Gasteiger partial charge in [0.25, 0.3) is 0 Å². The summed E-state index contributed by atoms with van der Waals surface area (Å²) in [6, 6.07) is 0. The van der Waals surface area contributed by atoms with Crippen molar-refractivity contribution in [2.75, 3.05) is 13.2 Å². The summed E-state index contributed by atoms with van der Waals surface area (Å²) in [5.41, 5.74) is 0. The molecule has 3 nitrogen and oxygen atoms in total. The normalized spacial score (nSPS) is 30.9. The molecule has 0 spiro atoms. The maximum absolute atomic E-state index is 6.15. The van der Waals surface area contributed by atoms with Crippen LogP contribution in [0.4, 0.5) is 0 Å². The molecule has 2 rings (SSSR count). The summed E-state index contributed by atoms with van der Waals surface area (Å²) in [4.78, 5) is 0. The van der Waals surface area contributed by atoms with Gasteiger partial charge in [-0.25, -0.2) is 0 Å². The van der Waals surface area contributed by atoms with Crippen LogP contribution in [0.1, 0.15) is 26.7 Å². The van der Waals surface area contributed by atoms with Gasteiger partial charge >= 0.3 is 0 Å². The molecule has 2 heterocycles. The van der Waals surface area contributed by atoms with Gasteiger partial charge in [-0.1, -0.05) is 24.3 Å². The van der Waals surface area contributed by atoms with E-state index < -0.39 is 0 Å². The van der Waals surface area contributed by atoms with E-state index in [4.69, 9.17) is 14.2 Å². The maximum Gasteiger partial charge on any atom is 0.107 e. The quantitative estimate of drug-likeness (QED) is 0.481. The molecule has 17 heavy (non-hydrogen) atoms. The van der Waals surface area contributed by atoms with Gasteiger partial charge in [0.2, 0.25) is 0 Å². The van der Waals surface area contributed by atoms with E-state index >= 15 is 0 Å². The molecule has 0 amide bonds. The topological polar surface area (TPSA) is 34.3 Å². The number of hydrogen-bond acceptors (Lipinski definition) is 3. The van der Waals surface area contributed by atoms with E-state index in [1.807, 2.05) is 13.8 Å². The summed E-state index contributed by atoms with van der Waals surface area (Å²) in [5, 5.41) is 0. The Morgan fingerprint density at radius 3 is 1.71 bits per heavy atom. The molecular formula is C14H22O3. The maximum atomic E-state index is 6.15. The third-order valence-electron chi connectivity index (χ3n) is 3.11. The van der Waals surface area contributed by atoms with Crippen LogP contribution < -0.4 is 0 Å². The zero-order valence-electron chi connectivity index (χ0n) is 10.7. The third kappa shape index (κ3) is 4.26. The van der Waals surface area contributed by atoms with E-state index in [1.54, 1.807) is 0 Å². The molecule has 2 fully saturated rings. The Balaban J connectivity index is 1.84. The van der Waals surface area contributed by atoms with Crippen molar-refractivity contribution in [3.05, 3.63) is 24.3 Å². The van der Waals surface area contributed by atoms with E-state index in [2.05, 4.69) is 24.3 Å². The molecule has 0 N–H and O–H groups in total. The lowest BCUT2D eigenvalue weighted by Crippen LogP contribution is -2.29. The van der Waals surface area contributed by atoms with Crippen molar-refractivity contribution in [2.45, 2.75) is 51.1 Å². The fourth-order valence-electron chi connectivity index (χ4n) is 1.90. The van der Waals surface area contributed by atoms with Crippen molar-refractivity contribution in [3.8, 4) is 0 Å². The Labute approximate surface area is 103 Å². The van der Waals surface area contributed by atoms with Gasteiger partial charge in [-0.3, -0.25) is 0 Å². The standard InChI is InChI=1S/C14H22O3/c1-3-5-7-11(13-9-15-13)17-12(8-6-4-2)14-10-16-14/h3-6,11-14H,7-10H2,1-2H3/b5-3+,6-4+. The lowest BCUT2D eigenvalue weighted by atomic mass is 10.1. The lowest BCUT2D eigenvalue weighted by Gasteiger charge is -2.21. The molecule has 2 aliphatic rings. The summed E-state index contributed by atoms with van der Waals surface area (Å²) in [6.45, 7) is 5.74. The molecule has 0 aliphatic carbocycles. The molecule has 0 saturated carbocycles. The highest BCUT2D eigenvalue weighted by molar-refractivity contribution is 4.93. The minimum Gasteiger partial charge on any atom is -0.370 e. The zero-order valence-corrected chi connectivity index (χ0v) is 10.7. The number of hydrogen-bond donors (Lipinski definition) is 0. The smallest absolute Gasteiger partial charge is 0.107 e. The van der Waals surface area contributed by atoms with Crippen LogP contribution >= 0.6 is 0 Å². The molecule has 0 aromatic rings. The molecule has 3 heteroatoms. The van der Waals surface area contributed by atoms with Crippen LogP contribution in [0, 0.1) is 0 Å². The van der Waals surface area contributed by atoms with Crippen LogP contribution in [-0.4, -0.2) is 37.6 Å². The second-order valence-corrected chi connectivity index (χ2v) is 4.57. The highest BCUT2D eigenvalue weighted by Crippen LogP contribution is 2.27. The van der Waals surface area contributed by atoms with Crippen LogP contribution in [0.2, 0.25) is 0 Å². The molecule has 4 atom stereocenters. The van der Waals surface area contributed by atoms with Crippen molar-refractivity contribution in [2.24, 2.45) is 0 Å². The SMILES string of the molecule is C/C=C/CC(OC(C/C=C/C)C1CO1)C1CO1. The predicted octanol–water partition coefficient (Wildman–Crippen LogP) is 2.47. The second kappa shape index (κ2) is 6.34. The third-order valence-corrected chi connectivity index (χ3v) is 3.11. The van der Waals surface area contributed by atoms with Crippen LogP contribution in [-0.2, 0) is 14.2 Å². The highest BCUT2D eigenvalue weighted by Gasteiger charge is 2.39. The first-order chi connectivity index (χ1) is 8.35. The molecule has 0 aromatic carbocycles. The van der Waals surface area contributed by atoms with Crippen molar-refractivity contribution >= 4 is 0 Å².